The van der Waals surface area contributed by atoms with E-state index in [4.69, 9.17) is 4.98 Å². The predicted molar refractivity (Wildman–Crippen MR) is 130 cm³/mol. The second-order valence-electron chi connectivity index (χ2n) is 9.58. The highest BCUT2D eigenvalue weighted by Crippen LogP contribution is 2.32. The molecule has 0 N–H and O–H groups in total. The molecular formula is C26H32N2Si. The van der Waals surface area contributed by atoms with Gasteiger partial charge in [-0.1, -0.05) is 63.8 Å². The summed E-state index contributed by atoms with van der Waals surface area (Å²) >= 11 is 0. The number of nitrogens with zero attached hydrogens (tertiary/aromatic N) is 2. The molecule has 0 aliphatic carbocycles. The third-order valence-corrected chi connectivity index (χ3v) is 7.76. The Morgan fingerprint density at radius 3 is 2.34 bits per heavy atom. The number of para-hydroxylation sites is 1. The Labute approximate surface area is 175 Å². The molecule has 29 heavy (non-hydrogen) atoms. The zero-order chi connectivity index (χ0) is 20.8. The van der Waals surface area contributed by atoms with E-state index in [0.29, 0.717) is 5.92 Å². The van der Waals surface area contributed by atoms with Gasteiger partial charge in [0.05, 0.1) is 13.8 Å². The average molecular weight is 401 g/mol. The Morgan fingerprint density at radius 1 is 0.931 bits per heavy atom. The standard InChI is InChI=1S/C26H32N2Si/c1-7-28-23-11-9-8-10-21(23)22-16-20(12-13-24(22)28)26-25(29(4,5)6)15-19(17-27-26)14-18(2)3/h8-13,15-18H,7,14H2,1-6H3. The zero-order valence-corrected chi connectivity index (χ0v) is 19.6. The van der Waals surface area contributed by atoms with Crippen molar-refractivity contribution in [1.29, 1.82) is 0 Å². The molecule has 0 saturated heterocycles. The largest absolute Gasteiger partial charge is 0.341 e. The van der Waals surface area contributed by atoms with Crippen molar-refractivity contribution in [2.75, 3.05) is 0 Å². The quantitative estimate of drug-likeness (QED) is 0.344. The topological polar surface area (TPSA) is 17.8 Å². The Balaban J connectivity index is 1.94. The van der Waals surface area contributed by atoms with Crippen LogP contribution in [0.1, 0.15) is 26.3 Å². The van der Waals surface area contributed by atoms with Crippen LogP contribution in [0.4, 0.5) is 0 Å². The van der Waals surface area contributed by atoms with Crippen LogP contribution in [0.2, 0.25) is 19.6 Å². The number of hydrogen-bond donors (Lipinski definition) is 0. The van der Waals surface area contributed by atoms with Crippen LogP contribution >= 0.6 is 0 Å². The lowest BCUT2D eigenvalue weighted by atomic mass is 10.0. The Kier molecular flexibility index (Phi) is 5.12. The van der Waals surface area contributed by atoms with Crippen molar-refractivity contribution < 1.29 is 0 Å². The maximum Gasteiger partial charge on any atom is 0.0804 e. The highest BCUT2D eigenvalue weighted by molar-refractivity contribution is 6.89. The smallest absolute Gasteiger partial charge is 0.0804 e. The molecule has 2 heterocycles. The summed E-state index contributed by atoms with van der Waals surface area (Å²) < 4.78 is 2.41. The molecule has 4 rings (SSSR count). The Bertz CT molecular complexity index is 1180. The SMILES string of the molecule is CCn1c2ccccc2c2cc(-c3ncc(CC(C)C)cc3[Si](C)(C)C)ccc21. The van der Waals surface area contributed by atoms with Crippen molar-refractivity contribution in [2.24, 2.45) is 5.92 Å². The van der Waals surface area contributed by atoms with Crippen LogP contribution in [-0.4, -0.2) is 17.6 Å². The fourth-order valence-corrected chi connectivity index (χ4v) is 5.97. The maximum absolute atomic E-state index is 5.01. The van der Waals surface area contributed by atoms with E-state index in [1.165, 1.54) is 43.8 Å². The van der Waals surface area contributed by atoms with Crippen LogP contribution in [0.25, 0.3) is 33.1 Å². The van der Waals surface area contributed by atoms with Gasteiger partial charge in [0.15, 0.2) is 0 Å². The number of aromatic nitrogens is 2. The van der Waals surface area contributed by atoms with Crippen LogP contribution in [0.5, 0.6) is 0 Å². The van der Waals surface area contributed by atoms with Crippen LogP contribution in [0.15, 0.2) is 54.7 Å². The van der Waals surface area contributed by atoms with Gasteiger partial charge < -0.3 is 4.57 Å². The number of fused-ring (bicyclic) bond motifs is 3. The molecule has 0 saturated carbocycles. The summed E-state index contributed by atoms with van der Waals surface area (Å²) in [5.74, 6) is 0.647. The minimum absolute atomic E-state index is 0.647. The summed E-state index contributed by atoms with van der Waals surface area (Å²) in [4.78, 5) is 5.01. The molecule has 0 bridgehead atoms. The second-order valence-corrected chi connectivity index (χ2v) is 14.6. The van der Waals surface area contributed by atoms with Gasteiger partial charge in [0, 0.05) is 40.1 Å². The highest BCUT2D eigenvalue weighted by Gasteiger charge is 2.23. The summed E-state index contributed by atoms with van der Waals surface area (Å²) in [6.45, 7) is 15.0. The number of benzene rings is 2. The van der Waals surface area contributed by atoms with Crippen molar-refractivity contribution in [2.45, 2.75) is 53.4 Å². The van der Waals surface area contributed by atoms with E-state index in [1.54, 1.807) is 0 Å². The van der Waals surface area contributed by atoms with Gasteiger partial charge in [0.2, 0.25) is 0 Å². The van der Waals surface area contributed by atoms with Crippen LogP contribution < -0.4 is 5.19 Å². The molecular weight excluding hydrogens is 368 g/mol. The van der Waals surface area contributed by atoms with Crippen molar-refractivity contribution in [1.82, 2.24) is 9.55 Å². The van der Waals surface area contributed by atoms with Gasteiger partial charge in [-0.05, 0) is 48.2 Å². The average Bonchev–Trinajstić information content (AvgIpc) is 3.00. The number of pyridine rings is 1. The Morgan fingerprint density at radius 2 is 1.66 bits per heavy atom. The van der Waals surface area contributed by atoms with E-state index < -0.39 is 8.07 Å². The first kappa shape index (κ1) is 19.9. The van der Waals surface area contributed by atoms with E-state index in [1.807, 2.05) is 0 Å². The van der Waals surface area contributed by atoms with E-state index in [0.717, 1.165) is 13.0 Å². The van der Waals surface area contributed by atoms with Crippen molar-refractivity contribution in [3.8, 4) is 11.3 Å². The molecule has 150 valence electrons. The summed E-state index contributed by atoms with van der Waals surface area (Å²) in [6.07, 6.45) is 3.19. The van der Waals surface area contributed by atoms with Crippen molar-refractivity contribution >= 4 is 35.1 Å². The van der Waals surface area contributed by atoms with Gasteiger partial charge in [-0.25, -0.2) is 0 Å². The second kappa shape index (κ2) is 7.45. The fourth-order valence-electron chi connectivity index (χ4n) is 4.43. The molecule has 0 aliphatic rings. The monoisotopic (exact) mass is 400 g/mol. The lowest BCUT2D eigenvalue weighted by Gasteiger charge is -2.22. The third kappa shape index (κ3) is 3.64. The lowest BCUT2D eigenvalue weighted by Crippen LogP contribution is -2.40. The molecule has 0 fully saturated rings. The van der Waals surface area contributed by atoms with Gasteiger partial charge in [-0.3, -0.25) is 4.98 Å². The molecule has 0 amide bonds. The molecule has 3 heteroatoms. The molecule has 2 aromatic carbocycles. The minimum atomic E-state index is -1.53. The van der Waals surface area contributed by atoms with Gasteiger partial charge in [-0.2, -0.15) is 0 Å². The maximum atomic E-state index is 5.01. The first-order valence-corrected chi connectivity index (χ1v) is 14.3. The van der Waals surface area contributed by atoms with Crippen molar-refractivity contribution in [3.63, 3.8) is 0 Å². The van der Waals surface area contributed by atoms with E-state index >= 15 is 0 Å². The summed E-state index contributed by atoms with van der Waals surface area (Å²) in [5, 5.41) is 4.13. The normalized spacial score (nSPS) is 12.4. The van der Waals surface area contributed by atoms with E-state index in [9.17, 15) is 0 Å². The van der Waals surface area contributed by atoms with Crippen molar-refractivity contribution in [3.05, 3.63) is 60.3 Å². The van der Waals surface area contributed by atoms with Gasteiger partial charge in [-0.15, -0.1) is 0 Å². The minimum Gasteiger partial charge on any atom is -0.341 e. The number of rotatable bonds is 5. The molecule has 2 aromatic heterocycles. The summed E-state index contributed by atoms with van der Waals surface area (Å²) in [6, 6.07) is 18.1. The highest BCUT2D eigenvalue weighted by atomic mass is 28.3. The fraction of sp³-hybridized carbons (Fsp3) is 0.346. The molecule has 0 spiro atoms. The van der Waals surface area contributed by atoms with Crippen LogP contribution in [-0.2, 0) is 13.0 Å². The van der Waals surface area contributed by atoms with Crippen LogP contribution in [0.3, 0.4) is 0 Å². The Hall–Kier alpha value is -2.39. The molecule has 0 atom stereocenters. The molecule has 0 aliphatic heterocycles. The summed E-state index contributed by atoms with van der Waals surface area (Å²) in [5.41, 5.74) is 6.40. The summed E-state index contributed by atoms with van der Waals surface area (Å²) in [7, 11) is -1.53. The lowest BCUT2D eigenvalue weighted by molar-refractivity contribution is 0.646. The number of aryl methyl sites for hydroxylation is 1. The first-order valence-electron chi connectivity index (χ1n) is 10.8. The predicted octanol–water partition coefficient (Wildman–Crippen LogP) is 6.62. The van der Waals surface area contributed by atoms with Gasteiger partial charge >= 0.3 is 0 Å². The van der Waals surface area contributed by atoms with Gasteiger partial charge in [0.1, 0.15) is 0 Å². The molecule has 0 radical (unpaired) electrons. The van der Waals surface area contributed by atoms with E-state index in [-0.39, 0.29) is 0 Å². The molecule has 0 unspecified atom stereocenters. The zero-order valence-electron chi connectivity index (χ0n) is 18.6. The van der Waals surface area contributed by atoms with Crippen LogP contribution in [0, 0.1) is 5.92 Å². The molecule has 4 aromatic rings. The number of hydrogen-bond acceptors (Lipinski definition) is 1. The first-order chi connectivity index (χ1) is 13.8. The molecule has 2 nitrogen and oxygen atoms in total. The third-order valence-electron chi connectivity index (χ3n) is 5.76. The van der Waals surface area contributed by atoms with E-state index in [2.05, 4.69) is 99.7 Å². The van der Waals surface area contributed by atoms with Gasteiger partial charge in [0.25, 0.3) is 0 Å².